The van der Waals surface area contributed by atoms with Gasteiger partial charge >= 0.3 is 5.97 Å². The molecule has 0 atom stereocenters. The quantitative estimate of drug-likeness (QED) is 0.533. The van der Waals surface area contributed by atoms with Crippen LogP contribution in [0.3, 0.4) is 0 Å². The zero-order chi connectivity index (χ0) is 7.40. The lowest BCUT2D eigenvalue weighted by Crippen LogP contribution is -1.91. The van der Waals surface area contributed by atoms with Gasteiger partial charge in [0.05, 0.1) is 0 Å². The van der Waals surface area contributed by atoms with Crippen molar-refractivity contribution in [1.29, 1.82) is 0 Å². The van der Waals surface area contributed by atoms with Crippen LogP contribution in [-0.2, 0) is 4.79 Å². The monoisotopic (exact) mass is 139 g/mol. The summed E-state index contributed by atoms with van der Waals surface area (Å²) in [5, 5.41) is 17.9. The molecule has 0 aliphatic rings. The van der Waals surface area contributed by atoms with E-state index in [-0.39, 0.29) is 0 Å². The van der Waals surface area contributed by atoms with E-state index in [0.717, 1.165) is 10.8 Å². The highest BCUT2D eigenvalue weighted by molar-refractivity contribution is 5.82. The summed E-state index contributed by atoms with van der Waals surface area (Å²) in [4.78, 5) is 9.91. The topological polar surface area (TPSA) is 80.9 Å². The van der Waals surface area contributed by atoms with Gasteiger partial charge in [-0.3, -0.25) is 0 Å². The maximum atomic E-state index is 9.91. The molecular weight excluding hydrogens is 136 g/mol. The maximum absolute atomic E-state index is 9.91. The Morgan fingerprint density at radius 2 is 2.50 bits per heavy atom. The lowest BCUT2D eigenvalue weighted by molar-refractivity contribution is -0.131. The van der Waals surface area contributed by atoms with Crippen molar-refractivity contribution in [3.05, 3.63) is 12.4 Å². The first-order valence-corrected chi connectivity index (χ1v) is 2.36. The number of carbonyl (C=O) groups is 1. The Labute approximate surface area is 55.8 Å². The van der Waals surface area contributed by atoms with Gasteiger partial charge in [-0.15, -0.1) is 5.10 Å². The molecule has 1 aromatic heterocycles. The molecule has 0 fully saturated rings. The van der Waals surface area contributed by atoms with Gasteiger partial charge in [-0.25, -0.2) is 4.79 Å². The lowest BCUT2D eigenvalue weighted by atomic mass is 10.6. The molecule has 0 aliphatic heterocycles. The van der Waals surface area contributed by atoms with Crippen LogP contribution in [0.2, 0.25) is 0 Å². The number of hydrogen-bond donors (Lipinski definition) is 1. The fourth-order valence-electron chi connectivity index (χ4n) is 0.346. The minimum Gasteiger partial charge on any atom is -0.478 e. The molecule has 6 nitrogen and oxygen atoms in total. The number of carboxylic acids is 1. The van der Waals surface area contributed by atoms with Gasteiger partial charge in [0.15, 0.2) is 0 Å². The Bertz CT molecular complexity index is 240. The van der Waals surface area contributed by atoms with Crippen LogP contribution in [0.25, 0.3) is 6.20 Å². The second-order valence-corrected chi connectivity index (χ2v) is 1.38. The molecule has 1 radical (unpaired) electrons. The summed E-state index contributed by atoms with van der Waals surface area (Å²) in [5.74, 6) is -1.05. The van der Waals surface area contributed by atoms with E-state index in [9.17, 15) is 4.79 Å². The molecule has 51 valence electrons. The predicted molar refractivity (Wildman–Crippen MR) is 29.6 cm³/mol. The van der Waals surface area contributed by atoms with Crippen LogP contribution >= 0.6 is 0 Å². The maximum Gasteiger partial charge on any atom is 0.329 e. The van der Waals surface area contributed by atoms with Gasteiger partial charge in [0.2, 0.25) is 6.33 Å². The fourth-order valence-corrected chi connectivity index (χ4v) is 0.346. The molecular formula is C4H3N4O2. The number of tetrazole rings is 1. The van der Waals surface area contributed by atoms with Crippen LogP contribution in [0.4, 0.5) is 0 Å². The third kappa shape index (κ3) is 1.66. The summed E-state index contributed by atoms with van der Waals surface area (Å²) in [7, 11) is 0. The van der Waals surface area contributed by atoms with E-state index in [2.05, 4.69) is 21.9 Å². The Morgan fingerprint density at radius 1 is 1.70 bits per heavy atom. The van der Waals surface area contributed by atoms with Crippen LogP contribution in [0, 0.1) is 6.33 Å². The highest BCUT2D eigenvalue weighted by Crippen LogP contribution is 1.77. The summed E-state index contributed by atoms with van der Waals surface area (Å²) in [6.45, 7) is 0. The van der Waals surface area contributed by atoms with Crippen molar-refractivity contribution in [1.82, 2.24) is 20.2 Å². The molecule has 1 rings (SSSR count). The van der Waals surface area contributed by atoms with Crippen LogP contribution in [-0.4, -0.2) is 31.3 Å². The highest BCUT2D eigenvalue weighted by Gasteiger charge is 1.87. The van der Waals surface area contributed by atoms with Gasteiger partial charge in [-0.1, -0.05) is 0 Å². The van der Waals surface area contributed by atoms with Gasteiger partial charge in [0, 0.05) is 12.3 Å². The molecule has 0 spiro atoms. The van der Waals surface area contributed by atoms with Crippen molar-refractivity contribution in [2.75, 3.05) is 0 Å². The minimum absolute atomic E-state index is 0.910. The smallest absolute Gasteiger partial charge is 0.329 e. The number of hydrogen-bond acceptors (Lipinski definition) is 4. The second kappa shape index (κ2) is 2.72. The fraction of sp³-hybridized carbons (Fsp3) is 0. The van der Waals surface area contributed by atoms with Gasteiger partial charge in [0.1, 0.15) is 0 Å². The standard InChI is InChI=1S/C4H3N4O2/c9-4(10)1-2-8-3-5-6-7-8/h1-2H,(H,9,10)/b2-1+. The Hall–Kier alpha value is -1.72. The van der Waals surface area contributed by atoms with Crippen LogP contribution in [0.1, 0.15) is 0 Å². The average Bonchev–Trinajstić information content (AvgIpc) is 2.34. The summed E-state index contributed by atoms with van der Waals surface area (Å²) in [6, 6.07) is 0. The Kier molecular flexibility index (Phi) is 1.74. The van der Waals surface area contributed by atoms with E-state index in [0.29, 0.717) is 0 Å². The van der Waals surface area contributed by atoms with Crippen LogP contribution < -0.4 is 0 Å². The van der Waals surface area contributed by atoms with E-state index in [4.69, 9.17) is 5.11 Å². The van der Waals surface area contributed by atoms with Gasteiger partial charge < -0.3 is 5.11 Å². The molecule has 10 heavy (non-hydrogen) atoms. The summed E-state index contributed by atoms with van der Waals surface area (Å²) in [6.07, 6.45) is 4.38. The number of aromatic nitrogens is 4. The first-order valence-electron chi connectivity index (χ1n) is 2.36. The predicted octanol–water partition coefficient (Wildman–Crippen LogP) is -0.971. The third-order valence-electron chi connectivity index (χ3n) is 0.687. The van der Waals surface area contributed by atoms with Crippen LogP contribution in [0.15, 0.2) is 6.08 Å². The van der Waals surface area contributed by atoms with Crippen molar-refractivity contribution >= 4 is 12.2 Å². The van der Waals surface area contributed by atoms with E-state index < -0.39 is 5.97 Å². The molecule has 1 heterocycles. The summed E-state index contributed by atoms with van der Waals surface area (Å²) in [5.41, 5.74) is 0. The highest BCUT2D eigenvalue weighted by atomic mass is 16.4. The summed E-state index contributed by atoms with van der Waals surface area (Å²) < 4.78 is 1.06. The van der Waals surface area contributed by atoms with Crippen molar-refractivity contribution < 1.29 is 9.90 Å². The van der Waals surface area contributed by atoms with E-state index in [1.54, 1.807) is 0 Å². The zero-order valence-corrected chi connectivity index (χ0v) is 4.80. The molecule has 0 bridgehead atoms. The average molecular weight is 139 g/mol. The van der Waals surface area contributed by atoms with E-state index in [1.165, 1.54) is 6.20 Å². The first kappa shape index (κ1) is 6.40. The molecule has 1 N–H and O–H groups in total. The number of carboxylic acid groups (broad SMARTS) is 1. The first-order chi connectivity index (χ1) is 4.79. The van der Waals surface area contributed by atoms with E-state index >= 15 is 0 Å². The van der Waals surface area contributed by atoms with Gasteiger partial charge in [-0.05, 0) is 10.4 Å². The summed E-state index contributed by atoms with van der Waals surface area (Å²) >= 11 is 0. The SMILES string of the molecule is O=C(O)/C=C/n1[c]nnn1. The van der Waals surface area contributed by atoms with Crippen molar-refractivity contribution in [3.63, 3.8) is 0 Å². The van der Waals surface area contributed by atoms with Crippen LogP contribution in [0.5, 0.6) is 0 Å². The number of aliphatic carboxylic acids is 1. The van der Waals surface area contributed by atoms with E-state index in [1.807, 2.05) is 0 Å². The normalized spacial score (nSPS) is 10.4. The third-order valence-corrected chi connectivity index (χ3v) is 0.687. The second-order valence-electron chi connectivity index (χ2n) is 1.38. The molecule has 0 saturated heterocycles. The van der Waals surface area contributed by atoms with Crippen molar-refractivity contribution in [2.45, 2.75) is 0 Å². The molecule has 6 heteroatoms. The molecule has 0 aromatic carbocycles. The van der Waals surface area contributed by atoms with Gasteiger partial charge in [0.25, 0.3) is 0 Å². The van der Waals surface area contributed by atoms with Crippen molar-refractivity contribution in [2.24, 2.45) is 0 Å². The largest absolute Gasteiger partial charge is 0.478 e. The number of rotatable bonds is 2. The minimum atomic E-state index is -1.05. The van der Waals surface area contributed by atoms with Gasteiger partial charge in [-0.2, -0.15) is 4.68 Å². The lowest BCUT2D eigenvalue weighted by Gasteiger charge is -1.80. The zero-order valence-electron chi connectivity index (χ0n) is 4.80. The molecule has 1 aromatic rings. The molecule has 0 aliphatic carbocycles. The Balaban J connectivity index is 2.64. The number of nitrogens with zero attached hydrogens (tertiary/aromatic N) is 4. The Morgan fingerprint density at radius 3 is 3.00 bits per heavy atom. The molecule has 0 amide bonds. The molecule has 0 saturated carbocycles. The molecule has 0 unspecified atom stereocenters. The van der Waals surface area contributed by atoms with Crippen molar-refractivity contribution in [3.8, 4) is 0 Å².